The lowest BCUT2D eigenvalue weighted by Gasteiger charge is -2.09. The first-order chi connectivity index (χ1) is 13.5. The van der Waals surface area contributed by atoms with Gasteiger partial charge in [0.1, 0.15) is 12.4 Å². The molecule has 0 aliphatic heterocycles. The molecule has 0 bridgehead atoms. The van der Waals surface area contributed by atoms with Crippen molar-refractivity contribution in [3.05, 3.63) is 77.9 Å². The van der Waals surface area contributed by atoms with Gasteiger partial charge in [0.2, 0.25) is 5.91 Å². The van der Waals surface area contributed by atoms with Gasteiger partial charge < -0.3 is 5.32 Å². The number of anilines is 1. The number of aryl methyl sites for hydroxylation is 2. The van der Waals surface area contributed by atoms with E-state index in [4.69, 9.17) is 0 Å². The molecule has 4 aromatic rings. The molecular formula is C22H19FN4O. The van der Waals surface area contributed by atoms with Gasteiger partial charge in [-0.2, -0.15) is 5.10 Å². The number of nitrogens with zero attached hydrogens (tertiary/aromatic N) is 3. The Kier molecular flexibility index (Phi) is 4.61. The molecule has 2 aromatic carbocycles. The van der Waals surface area contributed by atoms with Crippen LogP contribution in [0.25, 0.3) is 22.2 Å². The van der Waals surface area contributed by atoms with E-state index in [0.29, 0.717) is 16.9 Å². The highest BCUT2D eigenvalue weighted by atomic mass is 19.1. The number of fused-ring (bicyclic) bond motifs is 1. The highest BCUT2D eigenvalue weighted by Crippen LogP contribution is 2.29. The van der Waals surface area contributed by atoms with Crippen LogP contribution in [0.5, 0.6) is 0 Å². The lowest BCUT2D eigenvalue weighted by atomic mass is 10.0. The third-order valence-corrected chi connectivity index (χ3v) is 4.65. The number of benzene rings is 2. The summed E-state index contributed by atoms with van der Waals surface area (Å²) in [6.45, 7) is 3.68. The van der Waals surface area contributed by atoms with Gasteiger partial charge >= 0.3 is 0 Å². The van der Waals surface area contributed by atoms with E-state index in [1.807, 2.05) is 43.3 Å². The molecule has 6 heteroatoms. The highest BCUT2D eigenvalue weighted by molar-refractivity contribution is 5.96. The molecule has 0 aliphatic carbocycles. The van der Waals surface area contributed by atoms with Gasteiger partial charge in [0.25, 0.3) is 0 Å². The van der Waals surface area contributed by atoms with Crippen LogP contribution >= 0.6 is 0 Å². The average molecular weight is 374 g/mol. The largest absolute Gasteiger partial charge is 0.324 e. The van der Waals surface area contributed by atoms with Gasteiger partial charge in [-0.1, -0.05) is 30.3 Å². The number of aromatic nitrogens is 3. The Hall–Kier alpha value is -3.54. The Bertz CT molecular complexity index is 1170. The quantitative estimate of drug-likeness (QED) is 0.572. The molecule has 0 radical (unpaired) electrons. The van der Waals surface area contributed by atoms with Crippen molar-refractivity contribution in [3.63, 3.8) is 0 Å². The molecule has 1 N–H and O–H groups in total. The number of rotatable bonds is 4. The molecule has 140 valence electrons. The number of hydrogen-bond donors (Lipinski definition) is 1. The van der Waals surface area contributed by atoms with Crippen LogP contribution in [0, 0.1) is 19.7 Å². The Morgan fingerprint density at radius 2 is 1.89 bits per heavy atom. The second-order valence-electron chi connectivity index (χ2n) is 6.67. The first-order valence-corrected chi connectivity index (χ1v) is 8.96. The fourth-order valence-electron chi connectivity index (χ4n) is 3.34. The minimum Gasteiger partial charge on any atom is -0.324 e. The molecular weight excluding hydrogens is 355 g/mol. The second kappa shape index (κ2) is 7.23. The third kappa shape index (κ3) is 3.36. The van der Waals surface area contributed by atoms with Gasteiger partial charge in [0, 0.05) is 17.3 Å². The van der Waals surface area contributed by atoms with Gasteiger partial charge in [0.15, 0.2) is 5.65 Å². The monoisotopic (exact) mass is 374 g/mol. The molecule has 2 aromatic heterocycles. The van der Waals surface area contributed by atoms with Crippen molar-refractivity contribution < 1.29 is 9.18 Å². The molecule has 0 saturated heterocycles. The van der Waals surface area contributed by atoms with Crippen molar-refractivity contribution in [2.24, 2.45) is 0 Å². The number of pyridine rings is 1. The van der Waals surface area contributed by atoms with Crippen molar-refractivity contribution in [2.75, 3.05) is 5.32 Å². The standard InChI is InChI=1S/C22H19FN4O/c1-14-12-17(23)8-9-19(14)25-20(28)13-27-22-21(15(2)26-27)18(10-11-24-22)16-6-4-3-5-7-16/h3-12H,13H2,1-2H3,(H,25,28). The number of amides is 1. The van der Waals surface area contributed by atoms with Crippen molar-refractivity contribution in [1.29, 1.82) is 0 Å². The molecule has 1 amide bonds. The number of nitrogens with one attached hydrogen (secondary N) is 1. The number of carbonyl (C=O) groups is 1. The normalized spacial score (nSPS) is 11.0. The van der Waals surface area contributed by atoms with Crippen LogP contribution in [0.1, 0.15) is 11.3 Å². The van der Waals surface area contributed by atoms with Gasteiger partial charge in [-0.25, -0.2) is 14.1 Å². The van der Waals surface area contributed by atoms with Crippen LogP contribution in [0.3, 0.4) is 0 Å². The van der Waals surface area contributed by atoms with Gasteiger partial charge in [-0.05, 0) is 54.8 Å². The molecule has 0 aliphatic rings. The van der Waals surface area contributed by atoms with Crippen LogP contribution in [0.2, 0.25) is 0 Å². The van der Waals surface area contributed by atoms with Crippen molar-refractivity contribution in [1.82, 2.24) is 14.8 Å². The van der Waals surface area contributed by atoms with E-state index in [0.717, 1.165) is 22.2 Å². The molecule has 28 heavy (non-hydrogen) atoms. The van der Waals surface area contributed by atoms with Crippen molar-refractivity contribution >= 4 is 22.6 Å². The molecule has 2 heterocycles. The lowest BCUT2D eigenvalue weighted by molar-refractivity contribution is -0.116. The number of hydrogen-bond acceptors (Lipinski definition) is 3. The van der Waals surface area contributed by atoms with Crippen molar-refractivity contribution in [2.45, 2.75) is 20.4 Å². The van der Waals surface area contributed by atoms with Crippen LogP contribution in [-0.2, 0) is 11.3 Å². The molecule has 0 atom stereocenters. The molecule has 0 saturated carbocycles. The van der Waals surface area contributed by atoms with Crippen LogP contribution < -0.4 is 5.32 Å². The minimum absolute atomic E-state index is 0.0202. The van der Waals surface area contributed by atoms with E-state index >= 15 is 0 Å². The van der Waals surface area contributed by atoms with Gasteiger partial charge in [-0.3, -0.25) is 4.79 Å². The highest BCUT2D eigenvalue weighted by Gasteiger charge is 2.16. The van der Waals surface area contributed by atoms with E-state index in [9.17, 15) is 9.18 Å². The summed E-state index contributed by atoms with van der Waals surface area (Å²) >= 11 is 0. The zero-order valence-corrected chi connectivity index (χ0v) is 15.6. The van der Waals surface area contributed by atoms with Crippen LogP contribution in [-0.4, -0.2) is 20.7 Å². The summed E-state index contributed by atoms with van der Waals surface area (Å²) in [7, 11) is 0. The van der Waals surface area contributed by atoms with Gasteiger partial charge in [-0.15, -0.1) is 0 Å². The Labute approximate surface area is 161 Å². The summed E-state index contributed by atoms with van der Waals surface area (Å²) in [6.07, 6.45) is 1.73. The van der Waals surface area contributed by atoms with E-state index in [1.165, 1.54) is 12.1 Å². The second-order valence-corrected chi connectivity index (χ2v) is 6.67. The zero-order valence-electron chi connectivity index (χ0n) is 15.6. The summed E-state index contributed by atoms with van der Waals surface area (Å²) in [5.74, 6) is -0.576. The molecule has 4 rings (SSSR count). The average Bonchev–Trinajstić information content (AvgIpc) is 3.00. The van der Waals surface area contributed by atoms with E-state index in [1.54, 1.807) is 23.9 Å². The first kappa shape index (κ1) is 17.9. The minimum atomic E-state index is -0.332. The topological polar surface area (TPSA) is 59.8 Å². The van der Waals surface area contributed by atoms with E-state index < -0.39 is 0 Å². The Morgan fingerprint density at radius 1 is 1.11 bits per heavy atom. The van der Waals surface area contributed by atoms with E-state index in [2.05, 4.69) is 15.4 Å². The molecule has 0 unspecified atom stereocenters. The Morgan fingerprint density at radius 3 is 2.64 bits per heavy atom. The van der Waals surface area contributed by atoms with Crippen LogP contribution in [0.15, 0.2) is 60.8 Å². The summed E-state index contributed by atoms with van der Waals surface area (Å²) < 4.78 is 14.9. The summed E-state index contributed by atoms with van der Waals surface area (Å²) in [4.78, 5) is 17.0. The fraction of sp³-hybridized carbons (Fsp3) is 0.136. The van der Waals surface area contributed by atoms with Crippen LogP contribution in [0.4, 0.5) is 10.1 Å². The molecule has 0 spiro atoms. The summed E-state index contributed by atoms with van der Waals surface area (Å²) in [6, 6.07) is 16.2. The smallest absolute Gasteiger partial charge is 0.246 e. The lowest BCUT2D eigenvalue weighted by Crippen LogP contribution is -2.20. The predicted octanol–water partition coefficient (Wildman–Crippen LogP) is 4.49. The molecule has 5 nitrogen and oxygen atoms in total. The summed E-state index contributed by atoms with van der Waals surface area (Å²) in [5.41, 5.74) is 4.82. The maximum atomic E-state index is 13.3. The van der Waals surface area contributed by atoms with E-state index in [-0.39, 0.29) is 18.3 Å². The SMILES string of the molecule is Cc1cc(F)ccc1NC(=O)Cn1nc(C)c2c(-c3ccccc3)ccnc21. The Balaban J connectivity index is 1.65. The van der Waals surface area contributed by atoms with Gasteiger partial charge in [0.05, 0.1) is 5.69 Å². The first-order valence-electron chi connectivity index (χ1n) is 8.96. The summed E-state index contributed by atoms with van der Waals surface area (Å²) in [5, 5.41) is 8.27. The zero-order chi connectivity index (χ0) is 19.7. The number of carbonyl (C=O) groups excluding carboxylic acids is 1. The third-order valence-electron chi connectivity index (χ3n) is 4.65. The maximum Gasteiger partial charge on any atom is 0.246 e. The maximum absolute atomic E-state index is 13.3. The molecule has 0 fully saturated rings. The number of halogens is 1. The van der Waals surface area contributed by atoms with Crippen molar-refractivity contribution in [3.8, 4) is 11.1 Å². The predicted molar refractivity (Wildman–Crippen MR) is 107 cm³/mol. The fourth-order valence-corrected chi connectivity index (χ4v) is 3.34.